The molecule has 3 aromatic carbocycles. The van der Waals surface area contributed by atoms with Crippen molar-refractivity contribution in [2.75, 3.05) is 28.1 Å². The minimum Gasteiger partial charge on any atom is -0.497 e. The molecule has 0 atom stereocenters. The third-order valence-electron chi connectivity index (χ3n) is 6.51. The van der Waals surface area contributed by atoms with Crippen molar-refractivity contribution in [1.82, 2.24) is 4.57 Å². The van der Waals surface area contributed by atoms with Crippen LogP contribution in [0.15, 0.2) is 53.3 Å². The molecule has 0 bridgehead atoms. The first-order chi connectivity index (χ1) is 17.0. The van der Waals surface area contributed by atoms with Gasteiger partial charge < -0.3 is 28.3 Å². The number of hydrogen-bond donors (Lipinski definition) is 0. The average molecular weight is 471 g/mol. The van der Waals surface area contributed by atoms with Gasteiger partial charge in [-0.15, -0.1) is 0 Å². The third-order valence-corrected chi connectivity index (χ3v) is 6.51. The molecule has 0 amide bonds. The molecular formula is C27H21NO7. The molecule has 1 aliphatic carbocycles. The number of hydrogen-bond acceptors (Lipinski definition) is 7. The highest BCUT2D eigenvalue weighted by Gasteiger charge is 2.35. The Balaban J connectivity index is 1.67. The van der Waals surface area contributed by atoms with E-state index >= 15 is 0 Å². The van der Waals surface area contributed by atoms with E-state index in [0.717, 1.165) is 11.3 Å². The van der Waals surface area contributed by atoms with E-state index in [9.17, 15) is 9.59 Å². The van der Waals surface area contributed by atoms with E-state index in [4.69, 9.17) is 23.7 Å². The number of benzene rings is 3. The number of nitrogens with zero attached hydrogens (tertiary/aromatic N) is 1. The first kappa shape index (κ1) is 21.1. The maximum absolute atomic E-state index is 13.9. The van der Waals surface area contributed by atoms with E-state index in [1.807, 2.05) is 24.3 Å². The molecular weight excluding hydrogens is 450 g/mol. The molecule has 0 fully saturated rings. The molecule has 0 N–H and O–H groups in total. The fourth-order valence-electron chi connectivity index (χ4n) is 4.81. The summed E-state index contributed by atoms with van der Waals surface area (Å²) in [5, 5.41) is 0.882. The number of ether oxygens (including phenoxy) is 5. The number of pyridine rings is 1. The second-order valence-electron chi connectivity index (χ2n) is 8.30. The van der Waals surface area contributed by atoms with Crippen molar-refractivity contribution in [1.29, 1.82) is 0 Å². The van der Waals surface area contributed by atoms with Crippen LogP contribution < -0.4 is 29.2 Å². The van der Waals surface area contributed by atoms with Gasteiger partial charge >= 0.3 is 0 Å². The van der Waals surface area contributed by atoms with Crippen LogP contribution in [0, 0.1) is 0 Å². The summed E-state index contributed by atoms with van der Waals surface area (Å²) >= 11 is 0. The van der Waals surface area contributed by atoms with Gasteiger partial charge in [0.1, 0.15) is 5.75 Å². The minimum absolute atomic E-state index is 0.0899. The van der Waals surface area contributed by atoms with Crippen LogP contribution >= 0.6 is 0 Å². The van der Waals surface area contributed by atoms with Gasteiger partial charge in [0.2, 0.25) is 6.79 Å². The maximum Gasteiger partial charge on any atom is 0.259 e. The molecule has 0 saturated carbocycles. The standard InChI is InChI=1S/C27H21NO7/c1-31-15-6-4-14(5-7-15)12-28-25-17-9-22-23(35-13-34-22)10-18(17)26(29)24(25)16-8-20(32-2)21(33-3)11-19(16)27(28)30/h4-11H,12-13H2,1-3H3. The Hall–Kier alpha value is -4.46. The molecule has 8 heteroatoms. The average Bonchev–Trinajstić information content (AvgIpc) is 3.46. The largest absolute Gasteiger partial charge is 0.497 e. The van der Waals surface area contributed by atoms with E-state index in [1.165, 1.54) is 14.2 Å². The van der Waals surface area contributed by atoms with Crippen LogP contribution in [0.5, 0.6) is 28.7 Å². The fourth-order valence-corrected chi connectivity index (χ4v) is 4.81. The Bertz CT molecular complexity index is 1580. The summed E-state index contributed by atoms with van der Waals surface area (Å²) in [5.74, 6) is 2.44. The highest BCUT2D eigenvalue weighted by molar-refractivity contribution is 6.27. The maximum atomic E-state index is 13.9. The van der Waals surface area contributed by atoms with Crippen molar-refractivity contribution in [3.05, 3.63) is 75.6 Å². The van der Waals surface area contributed by atoms with E-state index in [2.05, 4.69) is 0 Å². The van der Waals surface area contributed by atoms with Crippen LogP contribution in [-0.4, -0.2) is 38.5 Å². The summed E-state index contributed by atoms with van der Waals surface area (Å²) in [5.41, 5.74) is 2.73. The quantitative estimate of drug-likeness (QED) is 0.383. The number of ketones is 1. The molecule has 2 aliphatic rings. The molecule has 0 saturated heterocycles. The van der Waals surface area contributed by atoms with Crippen LogP contribution in [0.25, 0.3) is 22.0 Å². The predicted octanol–water partition coefficient (Wildman–Crippen LogP) is 4.02. The van der Waals surface area contributed by atoms with Crippen molar-refractivity contribution >= 4 is 16.6 Å². The molecule has 35 heavy (non-hydrogen) atoms. The molecule has 6 rings (SSSR count). The summed E-state index contributed by atoms with van der Waals surface area (Å²) in [6.45, 7) is 0.350. The second-order valence-corrected chi connectivity index (χ2v) is 8.30. The summed E-state index contributed by atoms with van der Waals surface area (Å²) in [4.78, 5) is 27.7. The molecule has 4 aromatic rings. The van der Waals surface area contributed by atoms with E-state index < -0.39 is 0 Å². The Morgan fingerprint density at radius 2 is 1.43 bits per heavy atom. The first-order valence-electron chi connectivity index (χ1n) is 11.0. The predicted molar refractivity (Wildman–Crippen MR) is 128 cm³/mol. The molecule has 1 aromatic heterocycles. The zero-order valence-electron chi connectivity index (χ0n) is 19.3. The molecule has 2 heterocycles. The third kappa shape index (κ3) is 3.06. The molecule has 176 valence electrons. The van der Waals surface area contributed by atoms with Crippen LogP contribution in [-0.2, 0) is 6.54 Å². The van der Waals surface area contributed by atoms with Crippen LogP contribution in [0.3, 0.4) is 0 Å². The second kappa shape index (κ2) is 7.80. The van der Waals surface area contributed by atoms with Crippen molar-refractivity contribution < 1.29 is 28.5 Å². The Kier molecular flexibility index (Phi) is 4.70. The van der Waals surface area contributed by atoms with Gasteiger partial charge in [0.15, 0.2) is 28.8 Å². The lowest BCUT2D eigenvalue weighted by molar-refractivity contribution is 0.104. The number of carbonyl (C=O) groups excluding carboxylic acids is 1. The number of methoxy groups -OCH3 is 3. The SMILES string of the molecule is COc1ccc(Cn2c3c(c4cc(OC)c(OC)cc4c2=O)C(=O)c2cc4c(cc2-3)OCO4)cc1. The van der Waals surface area contributed by atoms with Crippen molar-refractivity contribution in [3.8, 4) is 40.0 Å². The molecule has 0 radical (unpaired) electrons. The number of rotatable bonds is 5. The minimum atomic E-state index is -0.242. The van der Waals surface area contributed by atoms with E-state index in [-0.39, 0.29) is 24.7 Å². The van der Waals surface area contributed by atoms with E-state index in [1.54, 1.807) is 35.9 Å². The Morgan fingerprint density at radius 1 is 0.800 bits per heavy atom. The summed E-state index contributed by atoms with van der Waals surface area (Å²) < 4.78 is 28.9. The Morgan fingerprint density at radius 3 is 2.06 bits per heavy atom. The first-order valence-corrected chi connectivity index (χ1v) is 11.0. The van der Waals surface area contributed by atoms with Crippen molar-refractivity contribution in [3.63, 3.8) is 0 Å². The lowest BCUT2D eigenvalue weighted by Gasteiger charge is -2.17. The van der Waals surface area contributed by atoms with Gasteiger partial charge in [-0.2, -0.15) is 0 Å². The van der Waals surface area contributed by atoms with Gasteiger partial charge in [-0.1, -0.05) is 12.1 Å². The van der Waals surface area contributed by atoms with Gasteiger partial charge in [-0.3, -0.25) is 9.59 Å². The summed E-state index contributed by atoms with van der Waals surface area (Å²) in [6, 6.07) is 14.3. The highest BCUT2D eigenvalue weighted by Crippen LogP contribution is 2.47. The monoisotopic (exact) mass is 471 g/mol. The number of aromatic nitrogens is 1. The molecule has 0 unspecified atom stereocenters. The fraction of sp³-hybridized carbons (Fsp3) is 0.185. The summed E-state index contributed by atoms with van der Waals surface area (Å²) in [6.07, 6.45) is 0. The van der Waals surface area contributed by atoms with E-state index in [0.29, 0.717) is 56.2 Å². The van der Waals surface area contributed by atoms with Crippen molar-refractivity contribution in [2.45, 2.75) is 6.54 Å². The van der Waals surface area contributed by atoms with Gasteiger partial charge in [-0.05, 0) is 42.0 Å². The lowest BCUT2D eigenvalue weighted by atomic mass is 10.0. The zero-order chi connectivity index (χ0) is 24.3. The van der Waals surface area contributed by atoms with Gasteiger partial charge in [0.05, 0.1) is 44.5 Å². The molecule has 1 aliphatic heterocycles. The zero-order valence-corrected chi connectivity index (χ0v) is 19.3. The Labute approximate surface area is 200 Å². The van der Waals surface area contributed by atoms with Crippen LogP contribution in [0.2, 0.25) is 0 Å². The smallest absolute Gasteiger partial charge is 0.259 e. The lowest BCUT2D eigenvalue weighted by Crippen LogP contribution is -2.24. The molecule has 0 spiro atoms. The highest BCUT2D eigenvalue weighted by atomic mass is 16.7. The van der Waals surface area contributed by atoms with Gasteiger partial charge in [0.25, 0.3) is 5.56 Å². The molecule has 8 nitrogen and oxygen atoms in total. The normalized spacial score (nSPS) is 13.1. The van der Waals surface area contributed by atoms with Crippen LogP contribution in [0.1, 0.15) is 21.5 Å². The van der Waals surface area contributed by atoms with Crippen molar-refractivity contribution in [2.24, 2.45) is 0 Å². The number of carbonyl (C=O) groups is 1. The number of fused-ring (bicyclic) bond motifs is 6. The topological polar surface area (TPSA) is 85.2 Å². The van der Waals surface area contributed by atoms with Crippen LogP contribution in [0.4, 0.5) is 0 Å². The van der Waals surface area contributed by atoms with Gasteiger partial charge in [-0.25, -0.2) is 0 Å². The summed E-state index contributed by atoms with van der Waals surface area (Å²) in [7, 11) is 4.63. The van der Waals surface area contributed by atoms with Gasteiger partial charge in [0, 0.05) is 16.5 Å².